The van der Waals surface area contributed by atoms with Crippen molar-refractivity contribution in [1.82, 2.24) is 9.97 Å². The number of rotatable bonds is 1. The first kappa shape index (κ1) is 7.28. The first-order valence-corrected chi connectivity index (χ1v) is 3.35. The minimum Gasteiger partial charge on any atom is -0.313 e. The maximum absolute atomic E-state index is 10.9. The van der Waals surface area contributed by atoms with Crippen LogP contribution < -0.4 is 5.56 Å². The Kier molecular flexibility index (Phi) is 2.06. The summed E-state index contributed by atoms with van der Waals surface area (Å²) >= 11 is 5.60. The standard InChI is InChI=1S/C6H7ClN2O/c1-2-4-5(7)8-3-9-6(4)10/h3H,2H2,1H3,(H,8,9,10). The first-order valence-electron chi connectivity index (χ1n) is 2.97. The molecule has 0 aliphatic heterocycles. The number of hydrogen-bond acceptors (Lipinski definition) is 2. The summed E-state index contributed by atoms with van der Waals surface area (Å²) < 4.78 is 0. The summed E-state index contributed by atoms with van der Waals surface area (Å²) in [6, 6.07) is 0. The van der Waals surface area contributed by atoms with Crippen molar-refractivity contribution in [2.45, 2.75) is 13.3 Å². The Hall–Kier alpha value is -0.830. The minimum absolute atomic E-state index is 0.150. The van der Waals surface area contributed by atoms with Gasteiger partial charge in [0, 0.05) is 0 Å². The highest BCUT2D eigenvalue weighted by Crippen LogP contribution is 2.05. The number of nitrogens with zero attached hydrogens (tertiary/aromatic N) is 1. The molecule has 4 heteroatoms. The largest absolute Gasteiger partial charge is 0.313 e. The van der Waals surface area contributed by atoms with E-state index in [1.165, 1.54) is 6.33 Å². The molecule has 3 nitrogen and oxygen atoms in total. The van der Waals surface area contributed by atoms with Gasteiger partial charge < -0.3 is 4.98 Å². The minimum atomic E-state index is -0.150. The SMILES string of the molecule is CCc1c(Cl)nc[nH]c1=O. The topological polar surface area (TPSA) is 45.8 Å². The number of aromatic nitrogens is 2. The summed E-state index contributed by atoms with van der Waals surface area (Å²) in [7, 11) is 0. The zero-order valence-corrected chi connectivity index (χ0v) is 6.27. The predicted molar refractivity (Wildman–Crippen MR) is 39.2 cm³/mol. The van der Waals surface area contributed by atoms with E-state index in [-0.39, 0.29) is 5.56 Å². The van der Waals surface area contributed by atoms with Crippen molar-refractivity contribution >= 4 is 11.6 Å². The van der Waals surface area contributed by atoms with E-state index in [1.54, 1.807) is 0 Å². The molecule has 0 atom stereocenters. The van der Waals surface area contributed by atoms with Gasteiger partial charge in [-0.15, -0.1) is 0 Å². The molecule has 0 saturated carbocycles. The van der Waals surface area contributed by atoms with E-state index < -0.39 is 0 Å². The molecule has 0 saturated heterocycles. The lowest BCUT2D eigenvalue weighted by Gasteiger charge is -1.94. The molecule has 0 unspecified atom stereocenters. The van der Waals surface area contributed by atoms with Gasteiger partial charge in [0.05, 0.1) is 11.9 Å². The smallest absolute Gasteiger partial charge is 0.255 e. The zero-order valence-electron chi connectivity index (χ0n) is 5.52. The lowest BCUT2D eigenvalue weighted by molar-refractivity contribution is 1.00. The van der Waals surface area contributed by atoms with Crippen molar-refractivity contribution in [2.75, 3.05) is 0 Å². The lowest BCUT2D eigenvalue weighted by atomic mass is 10.3. The van der Waals surface area contributed by atoms with Crippen molar-refractivity contribution in [1.29, 1.82) is 0 Å². The van der Waals surface area contributed by atoms with Gasteiger partial charge >= 0.3 is 0 Å². The summed E-state index contributed by atoms with van der Waals surface area (Å²) in [5.41, 5.74) is 0.395. The van der Waals surface area contributed by atoms with E-state index in [4.69, 9.17) is 11.6 Å². The molecular formula is C6H7ClN2O. The Labute approximate surface area is 63.1 Å². The van der Waals surface area contributed by atoms with Crippen molar-refractivity contribution in [3.8, 4) is 0 Å². The highest BCUT2D eigenvalue weighted by atomic mass is 35.5. The summed E-state index contributed by atoms with van der Waals surface area (Å²) in [5, 5.41) is 0.297. The predicted octanol–water partition coefficient (Wildman–Crippen LogP) is 0.986. The molecule has 0 aliphatic rings. The molecule has 10 heavy (non-hydrogen) atoms. The Balaban J connectivity index is 3.31. The van der Waals surface area contributed by atoms with Gasteiger partial charge in [-0.05, 0) is 6.42 Å². The molecule has 0 aliphatic carbocycles. The van der Waals surface area contributed by atoms with E-state index in [1.807, 2.05) is 6.92 Å². The van der Waals surface area contributed by atoms with Gasteiger partial charge in [0.2, 0.25) is 0 Å². The quantitative estimate of drug-likeness (QED) is 0.620. The van der Waals surface area contributed by atoms with Crippen molar-refractivity contribution in [2.24, 2.45) is 0 Å². The highest BCUT2D eigenvalue weighted by molar-refractivity contribution is 6.30. The van der Waals surface area contributed by atoms with Crippen LogP contribution in [-0.4, -0.2) is 9.97 Å². The second-order valence-corrected chi connectivity index (χ2v) is 2.21. The third-order valence-corrected chi connectivity index (χ3v) is 1.58. The van der Waals surface area contributed by atoms with Gasteiger partial charge in [0.25, 0.3) is 5.56 Å². The molecule has 0 amide bonds. The average molecular weight is 159 g/mol. The summed E-state index contributed by atoms with van der Waals surface area (Å²) in [6.45, 7) is 1.86. The van der Waals surface area contributed by atoms with E-state index in [9.17, 15) is 4.79 Å². The molecule has 0 aromatic carbocycles. The van der Waals surface area contributed by atoms with Crippen molar-refractivity contribution in [3.05, 3.63) is 27.4 Å². The van der Waals surface area contributed by atoms with Crippen LogP contribution in [0.1, 0.15) is 12.5 Å². The average Bonchev–Trinajstić information content (AvgIpc) is 1.88. The van der Waals surface area contributed by atoms with Crippen LogP contribution in [-0.2, 0) is 6.42 Å². The maximum Gasteiger partial charge on any atom is 0.255 e. The molecule has 1 aromatic heterocycles. The van der Waals surface area contributed by atoms with E-state index in [0.29, 0.717) is 17.1 Å². The van der Waals surface area contributed by atoms with Crippen LogP contribution in [0.5, 0.6) is 0 Å². The molecule has 1 rings (SSSR count). The van der Waals surface area contributed by atoms with Gasteiger partial charge in [-0.3, -0.25) is 4.79 Å². The van der Waals surface area contributed by atoms with Crippen LogP contribution in [0.15, 0.2) is 11.1 Å². The van der Waals surface area contributed by atoms with Crippen LogP contribution in [0.3, 0.4) is 0 Å². The zero-order chi connectivity index (χ0) is 7.56. The number of halogens is 1. The Bertz CT molecular complexity index is 281. The second kappa shape index (κ2) is 2.84. The lowest BCUT2D eigenvalue weighted by Crippen LogP contribution is -2.12. The van der Waals surface area contributed by atoms with Crippen LogP contribution in [0.25, 0.3) is 0 Å². The van der Waals surface area contributed by atoms with Gasteiger partial charge in [-0.25, -0.2) is 4.98 Å². The normalized spacial score (nSPS) is 9.80. The number of nitrogens with one attached hydrogen (secondary N) is 1. The molecule has 0 fully saturated rings. The van der Waals surface area contributed by atoms with Gasteiger partial charge in [-0.2, -0.15) is 0 Å². The summed E-state index contributed by atoms with van der Waals surface area (Å²) in [5.74, 6) is 0. The maximum atomic E-state index is 10.9. The molecule has 0 radical (unpaired) electrons. The van der Waals surface area contributed by atoms with Crippen LogP contribution >= 0.6 is 11.6 Å². The third kappa shape index (κ3) is 1.19. The molecule has 0 spiro atoms. The van der Waals surface area contributed by atoms with Crippen LogP contribution in [0.2, 0.25) is 5.15 Å². The van der Waals surface area contributed by atoms with Crippen LogP contribution in [0.4, 0.5) is 0 Å². The molecular weight excluding hydrogens is 152 g/mol. The monoisotopic (exact) mass is 158 g/mol. The Morgan fingerprint density at radius 2 is 2.50 bits per heavy atom. The van der Waals surface area contributed by atoms with Gasteiger partial charge in [0.1, 0.15) is 5.15 Å². The van der Waals surface area contributed by atoms with Gasteiger partial charge in [0.15, 0.2) is 0 Å². The number of hydrogen-bond donors (Lipinski definition) is 1. The second-order valence-electron chi connectivity index (χ2n) is 1.85. The Morgan fingerprint density at radius 1 is 1.80 bits per heavy atom. The number of H-pyrrole nitrogens is 1. The first-order chi connectivity index (χ1) is 4.75. The fourth-order valence-corrected chi connectivity index (χ4v) is 0.981. The number of aromatic amines is 1. The molecule has 1 heterocycles. The van der Waals surface area contributed by atoms with Crippen LogP contribution in [0, 0.1) is 0 Å². The third-order valence-electron chi connectivity index (χ3n) is 1.25. The van der Waals surface area contributed by atoms with Crippen molar-refractivity contribution < 1.29 is 0 Å². The molecule has 1 N–H and O–H groups in total. The summed E-state index contributed by atoms with van der Waals surface area (Å²) in [6.07, 6.45) is 1.91. The fraction of sp³-hybridized carbons (Fsp3) is 0.333. The fourth-order valence-electron chi connectivity index (χ4n) is 0.713. The molecule has 54 valence electrons. The van der Waals surface area contributed by atoms with E-state index in [2.05, 4.69) is 9.97 Å². The van der Waals surface area contributed by atoms with E-state index >= 15 is 0 Å². The Morgan fingerprint density at radius 3 is 2.90 bits per heavy atom. The highest BCUT2D eigenvalue weighted by Gasteiger charge is 2.01. The molecule has 1 aromatic rings. The van der Waals surface area contributed by atoms with E-state index in [0.717, 1.165) is 0 Å². The van der Waals surface area contributed by atoms with Crippen molar-refractivity contribution in [3.63, 3.8) is 0 Å². The summed E-state index contributed by atoms with van der Waals surface area (Å²) in [4.78, 5) is 17.1. The molecule has 0 bridgehead atoms. The van der Waals surface area contributed by atoms with Gasteiger partial charge in [-0.1, -0.05) is 18.5 Å².